The minimum absolute atomic E-state index is 0.0919. The van der Waals surface area contributed by atoms with Gasteiger partial charge < -0.3 is 9.47 Å². The molecule has 1 aliphatic rings. The first-order valence-corrected chi connectivity index (χ1v) is 8.88. The van der Waals surface area contributed by atoms with Crippen molar-refractivity contribution in [3.63, 3.8) is 0 Å². The Kier molecular flexibility index (Phi) is 5.32. The number of hydrogen-bond acceptors (Lipinski definition) is 5. The maximum atomic E-state index is 12.6. The zero-order valence-corrected chi connectivity index (χ0v) is 16.0. The summed E-state index contributed by atoms with van der Waals surface area (Å²) in [5.41, 5.74) is 2.77. The molecule has 0 radical (unpaired) electrons. The van der Waals surface area contributed by atoms with Crippen molar-refractivity contribution in [2.75, 3.05) is 21.3 Å². The van der Waals surface area contributed by atoms with Gasteiger partial charge in [-0.1, -0.05) is 17.7 Å². The second-order valence-electron chi connectivity index (χ2n) is 5.81. The SMILES string of the molecule is COc1ccc(OC)c(/C=C2/SC(=Nc3ccc(C)cc3)N(C)C2=O)c1. The van der Waals surface area contributed by atoms with E-state index in [2.05, 4.69) is 4.99 Å². The first kappa shape index (κ1) is 18.1. The maximum Gasteiger partial charge on any atom is 0.266 e. The Morgan fingerprint density at radius 1 is 1.08 bits per heavy atom. The van der Waals surface area contributed by atoms with Crippen LogP contribution in [0.15, 0.2) is 52.4 Å². The molecule has 1 heterocycles. The van der Waals surface area contributed by atoms with Gasteiger partial charge in [-0.3, -0.25) is 9.69 Å². The highest BCUT2D eigenvalue weighted by molar-refractivity contribution is 8.18. The molecule has 0 saturated carbocycles. The summed E-state index contributed by atoms with van der Waals surface area (Å²) in [7, 11) is 4.93. The van der Waals surface area contributed by atoms with E-state index in [1.165, 1.54) is 17.3 Å². The largest absolute Gasteiger partial charge is 0.497 e. The highest BCUT2D eigenvalue weighted by atomic mass is 32.2. The number of ether oxygens (including phenoxy) is 2. The van der Waals surface area contributed by atoms with E-state index in [1.807, 2.05) is 55.5 Å². The predicted octanol–water partition coefficient (Wildman–Crippen LogP) is 4.25. The fourth-order valence-electron chi connectivity index (χ4n) is 2.47. The molecule has 134 valence electrons. The summed E-state index contributed by atoms with van der Waals surface area (Å²) in [6, 6.07) is 13.4. The first-order valence-electron chi connectivity index (χ1n) is 8.07. The number of rotatable bonds is 4. The zero-order chi connectivity index (χ0) is 18.7. The molecule has 1 aliphatic heterocycles. The third kappa shape index (κ3) is 3.75. The number of carbonyl (C=O) groups is 1. The molecule has 6 heteroatoms. The summed E-state index contributed by atoms with van der Waals surface area (Å²) in [4.78, 5) is 19.3. The van der Waals surface area contributed by atoms with Crippen LogP contribution in [0.4, 0.5) is 5.69 Å². The Morgan fingerprint density at radius 3 is 2.46 bits per heavy atom. The summed E-state index contributed by atoms with van der Waals surface area (Å²) in [6.45, 7) is 2.03. The van der Waals surface area contributed by atoms with Gasteiger partial charge in [0.1, 0.15) is 11.5 Å². The van der Waals surface area contributed by atoms with Gasteiger partial charge in [0, 0.05) is 12.6 Å². The summed E-state index contributed by atoms with van der Waals surface area (Å²) in [6.07, 6.45) is 1.81. The molecular formula is C20H20N2O3S. The van der Waals surface area contributed by atoms with Gasteiger partial charge in [0.15, 0.2) is 5.17 Å². The van der Waals surface area contributed by atoms with E-state index in [1.54, 1.807) is 26.2 Å². The minimum atomic E-state index is -0.0919. The Hall–Kier alpha value is -2.73. The Labute approximate surface area is 157 Å². The van der Waals surface area contributed by atoms with Crippen molar-refractivity contribution in [2.45, 2.75) is 6.92 Å². The molecule has 0 aliphatic carbocycles. The lowest BCUT2D eigenvalue weighted by atomic mass is 10.1. The topological polar surface area (TPSA) is 51.1 Å². The summed E-state index contributed by atoms with van der Waals surface area (Å²) in [5, 5.41) is 0.645. The van der Waals surface area contributed by atoms with E-state index in [0.29, 0.717) is 21.6 Å². The highest BCUT2D eigenvalue weighted by Gasteiger charge is 2.30. The Balaban J connectivity index is 1.94. The normalized spacial score (nSPS) is 17.2. The molecule has 2 aromatic rings. The Bertz CT molecular complexity index is 888. The van der Waals surface area contributed by atoms with Crippen LogP contribution in [-0.4, -0.2) is 37.2 Å². The number of carbonyl (C=O) groups excluding carboxylic acids is 1. The van der Waals surface area contributed by atoms with Crippen LogP contribution in [0.5, 0.6) is 11.5 Å². The molecule has 0 N–H and O–H groups in total. The molecule has 5 nitrogen and oxygen atoms in total. The number of hydrogen-bond donors (Lipinski definition) is 0. The van der Waals surface area contributed by atoms with Crippen molar-refractivity contribution in [2.24, 2.45) is 4.99 Å². The van der Waals surface area contributed by atoms with Gasteiger partial charge in [0.05, 0.1) is 24.8 Å². The van der Waals surface area contributed by atoms with Crippen molar-refractivity contribution < 1.29 is 14.3 Å². The summed E-state index contributed by atoms with van der Waals surface area (Å²) >= 11 is 1.34. The smallest absolute Gasteiger partial charge is 0.266 e. The number of aryl methyl sites for hydroxylation is 1. The fourth-order valence-corrected chi connectivity index (χ4v) is 3.45. The van der Waals surface area contributed by atoms with Crippen LogP contribution in [0, 0.1) is 6.92 Å². The number of amides is 1. The lowest BCUT2D eigenvalue weighted by Crippen LogP contribution is -2.23. The minimum Gasteiger partial charge on any atom is -0.497 e. The molecule has 26 heavy (non-hydrogen) atoms. The quantitative estimate of drug-likeness (QED) is 0.757. The zero-order valence-electron chi connectivity index (χ0n) is 15.1. The van der Waals surface area contributed by atoms with Gasteiger partial charge in [-0.25, -0.2) is 4.99 Å². The van der Waals surface area contributed by atoms with Crippen LogP contribution < -0.4 is 9.47 Å². The van der Waals surface area contributed by atoms with E-state index in [-0.39, 0.29) is 5.91 Å². The maximum absolute atomic E-state index is 12.6. The number of likely N-dealkylation sites (N-methyl/N-ethyl adjacent to an activating group) is 1. The van der Waals surface area contributed by atoms with Crippen LogP contribution in [-0.2, 0) is 4.79 Å². The molecule has 0 unspecified atom stereocenters. The molecule has 0 spiro atoms. The molecule has 0 bridgehead atoms. The monoisotopic (exact) mass is 368 g/mol. The first-order chi connectivity index (χ1) is 12.5. The number of benzene rings is 2. The second kappa shape index (κ2) is 7.66. The van der Waals surface area contributed by atoms with Crippen molar-refractivity contribution in [1.82, 2.24) is 4.90 Å². The average Bonchev–Trinajstić information content (AvgIpc) is 2.91. The van der Waals surface area contributed by atoms with Crippen molar-refractivity contribution in [1.29, 1.82) is 0 Å². The van der Waals surface area contributed by atoms with E-state index in [9.17, 15) is 4.79 Å². The average molecular weight is 368 g/mol. The van der Waals surface area contributed by atoms with E-state index >= 15 is 0 Å². The number of nitrogens with zero attached hydrogens (tertiary/aromatic N) is 2. The molecular weight excluding hydrogens is 348 g/mol. The van der Waals surface area contributed by atoms with Crippen LogP contribution in [0.25, 0.3) is 6.08 Å². The predicted molar refractivity (Wildman–Crippen MR) is 106 cm³/mol. The van der Waals surface area contributed by atoms with Gasteiger partial charge >= 0.3 is 0 Å². The van der Waals surface area contributed by atoms with E-state index in [0.717, 1.165) is 11.3 Å². The molecule has 2 aromatic carbocycles. The van der Waals surface area contributed by atoms with Crippen LogP contribution in [0.3, 0.4) is 0 Å². The molecule has 1 fully saturated rings. The standard InChI is InChI=1S/C20H20N2O3S/c1-13-5-7-15(8-6-13)21-20-22(2)19(23)18(26-20)12-14-11-16(24-3)9-10-17(14)25-4/h5-12H,1-4H3/b18-12+,21-20?. The molecule has 1 amide bonds. The van der Waals surface area contributed by atoms with Crippen molar-refractivity contribution >= 4 is 34.6 Å². The number of amidine groups is 1. The van der Waals surface area contributed by atoms with Gasteiger partial charge in [-0.2, -0.15) is 0 Å². The van der Waals surface area contributed by atoms with Gasteiger partial charge in [-0.15, -0.1) is 0 Å². The second-order valence-corrected chi connectivity index (χ2v) is 6.82. The lowest BCUT2D eigenvalue weighted by Gasteiger charge is -2.08. The fraction of sp³-hybridized carbons (Fsp3) is 0.200. The molecule has 0 atom stereocenters. The number of thioether (sulfide) groups is 1. The summed E-state index contributed by atoms with van der Waals surface area (Å²) < 4.78 is 10.7. The third-order valence-corrected chi connectivity index (χ3v) is 5.05. The van der Waals surface area contributed by atoms with Gasteiger partial charge in [0.25, 0.3) is 5.91 Å². The lowest BCUT2D eigenvalue weighted by molar-refractivity contribution is -0.121. The van der Waals surface area contributed by atoms with Crippen LogP contribution in [0.2, 0.25) is 0 Å². The number of aliphatic imine (C=N–C) groups is 1. The van der Waals surface area contributed by atoms with Gasteiger partial charge in [0.2, 0.25) is 0 Å². The summed E-state index contributed by atoms with van der Waals surface area (Å²) in [5.74, 6) is 1.29. The van der Waals surface area contributed by atoms with E-state index < -0.39 is 0 Å². The molecule has 0 aromatic heterocycles. The Morgan fingerprint density at radius 2 is 1.81 bits per heavy atom. The molecule has 3 rings (SSSR count). The third-order valence-electron chi connectivity index (χ3n) is 3.99. The van der Waals surface area contributed by atoms with E-state index in [4.69, 9.17) is 9.47 Å². The van der Waals surface area contributed by atoms with Crippen molar-refractivity contribution in [3.05, 3.63) is 58.5 Å². The van der Waals surface area contributed by atoms with Crippen LogP contribution in [0.1, 0.15) is 11.1 Å². The van der Waals surface area contributed by atoms with Crippen molar-refractivity contribution in [3.8, 4) is 11.5 Å². The van der Waals surface area contributed by atoms with Crippen LogP contribution >= 0.6 is 11.8 Å². The number of methoxy groups -OCH3 is 2. The highest BCUT2D eigenvalue weighted by Crippen LogP contribution is 2.35. The van der Waals surface area contributed by atoms with Gasteiger partial charge in [-0.05, 0) is 55.1 Å². The molecule has 1 saturated heterocycles.